The third-order valence-corrected chi connectivity index (χ3v) is 4.53. The van der Waals surface area contributed by atoms with Crippen LogP contribution in [0.15, 0.2) is 5.38 Å². The van der Waals surface area contributed by atoms with E-state index in [0.29, 0.717) is 12.2 Å². The second kappa shape index (κ2) is 7.82. The van der Waals surface area contributed by atoms with Crippen LogP contribution >= 0.6 is 23.7 Å². The van der Waals surface area contributed by atoms with Gasteiger partial charge in [0.1, 0.15) is 10.7 Å². The van der Waals surface area contributed by atoms with Crippen molar-refractivity contribution in [3.63, 3.8) is 0 Å². The number of nitrogens with zero attached hydrogens (tertiary/aromatic N) is 2. The minimum atomic E-state index is 0. The Hall–Kier alpha value is -0.650. The van der Waals surface area contributed by atoms with Gasteiger partial charge in [-0.3, -0.25) is 4.79 Å². The van der Waals surface area contributed by atoms with Gasteiger partial charge in [-0.25, -0.2) is 4.98 Å². The highest BCUT2D eigenvalue weighted by Crippen LogP contribution is 2.21. The van der Waals surface area contributed by atoms with Gasteiger partial charge in [0.25, 0.3) is 5.91 Å². The lowest BCUT2D eigenvalue weighted by atomic mass is 9.98. The van der Waals surface area contributed by atoms with Crippen LogP contribution < -0.4 is 5.73 Å². The van der Waals surface area contributed by atoms with Crippen LogP contribution in [-0.4, -0.2) is 28.9 Å². The first-order chi connectivity index (χ1) is 8.74. The highest BCUT2D eigenvalue weighted by Gasteiger charge is 2.22. The van der Waals surface area contributed by atoms with Crippen molar-refractivity contribution in [1.82, 2.24) is 9.88 Å². The summed E-state index contributed by atoms with van der Waals surface area (Å²) in [5, 5.41) is 2.66. The molecule has 1 atom stereocenters. The fourth-order valence-corrected chi connectivity index (χ4v) is 3.09. The molecule has 1 aromatic rings. The molecule has 2 N–H and O–H groups in total. The van der Waals surface area contributed by atoms with Gasteiger partial charge in [-0.1, -0.05) is 13.3 Å². The van der Waals surface area contributed by atoms with E-state index in [1.54, 1.807) is 0 Å². The second-order valence-corrected chi connectivity index (χ2v) is 5.77. The molecule has 4 nitrogen and oxygen atoms in total. The van der Waals surface area contributed by atoms with Crippen LogP contribution in [0.2, 0.25) is 0 Å². The van der Waals surface area contributed by atoms with E-state index in [4.69, 9.17) is 5.73 Å². The fourth-order valence-electron chi connectivity index (χ4n) is 2.44. The lowest BCUT2D eigenvalue weighted by Crippen LogP contribution is -2.32. The van der Waals surface area contributed by atoms with Crippen LogP contribution in [0.4, 0.5) is 0 Å². The summed E-state index contributed by atoms with van der Waals surface area (Å²) < 4.78 is 0. The van der Waals surface area contributed by atoms with E-state index in [1.807, 2.05) is 10.3 Å². The Morgan fingerprint density at radius 3 is 2.95 bits per heavy atom. The van der Waals surface area contributed by atoms with E-state index in [1.165, 1.54) is 24.2 Å². The zero-order chi connectivity index (χ0) is 13.0. The quantitative estimate of drug-likeness (QED) is 0.934. The molecule has 2 rings (SSSR count). The number of carbonyl (C=O) groups is 1. The average molecular weight is 304 g/mol. The molecule has 1 aliphatic heterocycles. The van der Waals surface area contributed by atoms with Crippen molar-refractivity contribution in [2.45, 2.75) is 39.2 Å². The number of aromatic nitrogens is 1. The number of amides is 1. The monoisotopic (exact) mass is 303 g/mol. The number of hydrogen-bond donors (Lipinski definition) is 1. The molecule has 1 aliphatic rings. The van der Waals surface area contributed by atoms with Crippen molar-refractivity contribution < 1.29 is 4.79 Å². The van der Waals surface area contributed by atoms with E-state index in [9.17, 15) is 4.79 Å². The third-order valence-electron chi connectivity index (χ3n) is 3.66. The van der Waals surface area contributed by atoms with Gasteiger partial charge in [0.05, 0.1) is 0 Å². The van der Waals surface area contributed by atoms with Crippen molar-refractivity contribution >= 4 is 29.7 Å². The Balaban J connectivity index is 0.00000180. The summed E-state index contributed by atoms with van der Waals surface area (Å²) in [6, 6.07) is 0. The Morgan fingerprint density at radius 1 is 1.53 bits per heavy atom. The number of halogens is 1. The van der Waals surface area contributed by atoms with E-state index in [2.05, 4.69) is 11.9 Å². The first kappa shape index (κ1) is 16.4. The SMILES string of the molecule is CCC1CCCN(C(=O)c2csc(CN)n2)CC1.Cl. The van der Waals surface area contributed by atoms with Crippen molar-refractivity contribution in [2.75, 3.05) is 13.1 Å². The third kappa shape index (κ3) is 4.16. The number of carbonyl (C=O) groups excluding carboxylic acids is 1. The van der Waals surface area contributed by atoms with Gasteiger partial charge in [0, 0.05) is 25.0 Å². The number of thiazole rings is 1. The van der Waals surface area contributed by atoms with Crippen LogP contribution in [0.1, 0.15) is 48.1 Å². The minimum absolute atomic E-state index is 0. The molecule has 0 aromatic carbocycles. The maximum Gasteiger partial charge on any atom is 0.273 e. The van der Waals surface area contributed by atoms with Gasteiger partial charge in [0.15, 0.2) is 0 Å². The Bertz CT molecular complexity index is 410. The Kier molecular flexibility index (Phi) is 6.75. The number of nitrogens with two attached hydrogens (primary N) is 1. The largest absolute Gasteiger partial charge is 0.337 e. The van der Waals surface area contributed by atoms with Crippen LogP contribution in [-0.2, 0) is 6.54 Å². The molecule has 0 radical (unpaired) electrons. The van der Waals surface area contributed by atoms with Crippen LogP contribution in [0.3, 0.4) is 0 Å². The van der Waals surface area contributed by atoms with E-state index in [0.717, 1.165) is 36.9 Å². The molecule has 2 heterocycles. The Labute approximate surface area is 124 Å². The predicted molar refractivity (Wildman–Crippen MR) is 80.8 cm³/mol. The molecule has 0 saturated carbocycles. The molecular formula is C13H22ClN3OS. The minimum Gasteiger partial charge on any atom is -0.337 e. The standard InChI is InChI=1S/C13H21N3OS.ClH/c1-2-10-4-3-6-16(7-5-10)13(17)11-9-18-12(8-14)15-11;/h9-10H,2-8,14H2,1H3;1H. The normalized spacial score (nSPS) is 19.7. The van der Waals surface area contributed by atoms with Gasteiger partial charge in [-0.05, 0) is 25.2 Å². The number of rotatable bonds is 3. The van der Waals surface area contributed by atoms with E-state index in [-0.39, 0.29) is 18.3 Å². The first-order valence-corrected chi connectivity index (χ1v) is 7.56. The summed E-state index contributed by atoms with van der Waals surface area (Å²) in [6.07, 6.45) is 4.69. The summed E-state index contributed by atoms with van der Waals surface area (Å²) >= 11 is 1.47. The number of likely N-dealkylation sites (tertiary alicyclic amines) is 1. The molecule has 0 spiro atoms. The molecule has 1 saturated heterocycles. The van der Waals surface area contributed by atoms with Gasteiger partial charge >= 0.3 is 0 Å². The fraction of sp³-hybridized carbons (Fsp3) is 0.692. The summed E-state index contributed by atoms with van der Waals surface area (Å²) in [5.74, 6) is 0.848. The van der Waals surface area contributed by atoms with E-state index < -0.39 is 0 Å². The first-order valence-electron chi connectivity index (χ1n) is 6.68. The summed E-state index contributed by atoms with van der Waals surface area (Å²) in [6.45, 7) is 4.38. The van der Waals surface area contributed by atoms with Crippen LogP contribution in [0.25, 0.3) is 0 Å². The zero-order valence-electron chi connectivity index (χ0n) is 11.3. The smallest absolute Gasteiger partial charge is 0.273 e. The maximum absolute atomic E-state index is 12.3. The van der Waals surface area contributed by atoms with Crippen molar-refractivity contribution in [1.29, 1.82) is 0 Å². The van der Waals surface area contributed by atoms with Crippen molar-refractivity contribution in [2.24, 2.45) is 11.7 Å². The van der Waals surface area contributed by atoms with Gasteiger partial charge in [-0.2, -0.15) is 0 Å². The molecule has 0 bridgehead atoms. The van der Waals surface area contributed by atoms with Crippen molar-refractivity contribution in [3.05, 3.63) is 16.1 Å². The molecule has 1 amide bonds. The second-order valence-electron chi connectivity index (χ2n) is 4.83. The molecule has 19 heavy (non-hydrogen) atoms. The van der Waals surface area contributed by atoms with Crippen LogP contribution in [0, 0.1) is 5.92 Å². The van der Waals surface area contributed by atoms with Crippen molar-refractivity contribution in [3.8, 4) is 0 Å². The highest BCUT2D eigenvalue weighted by atomic mass is 35.5. The molecule has 1 unspecified atom stereocenters. The summed E-state index contributed by atoms with van der Waals surface area (Å²) in [5.41, 5.74) is 6.09. The summed E-state index contributed by atoms with van der Waals surface area (Å²) in [7, 11) is 0. The van der Waals surface area contributed by atoms with Gasteiger partial charge in [0.2, 0.25) is 0 Å². The molecule has 0 aliphatic carbocycles. The van der Waals surface area contributed by atoms with Gasteiger partial charge in [-0.15, -0.1) is 23.7 Å². The lowest BCUT2D eigenvalue weighted by molar-refractivity contribution is 0.0754. The highest BCUT2D eigenvalue weighted by molar-refractivity contribution is 7.09. The molecule has 1 fully saturated rings. The molecular weight excluding hydrogens is 282 g/mol. The maximum atomic E-state index is 12.3. The molecule has 1 aromatic heterocycles. The van der Waals surface area contributed by atoms with E-state index >= 15 is 0 Å². The number of hydrogen-bond acceptors (Lipinski definition) is 4. The lowest BCUT2D eigenvalue weighted by Gasteiger charge is -2.19. The Morgan fingerprint density at radius 2 is 2.32 bits per heavy atom. The molecule has 6 heteroatoms. The van der Waals surface area contributed by atoms with Gasteiger partial charge < -0.3 is 10.6 Å². The predicted octanol–water partition coefficient (Wildman–Crippen LogP) is 2.68. The summed E-state index contributed by atoms with van der Waals surface area (Å²) in [4.78, 5) is 18.5. The van der Waals surface area contributed by atoms with Crippen LogP contribution in [0.5, 0.6) is 0 Å². The topological polar surface area (TPSA) is 59.2 Å². The molecule has 108 valence electrons. The average Bonchev–Trinajstić information content (AvgIpc) is 2.75. The zero-order valence-corrected chi connectivity index (χ0v) is 12.9.